The summed E-state index contributed by atoms with van der Waals surface area (Å²) in [5.41, 5.74) is 2.29. The second kappa shape index (κ2) is 5.91. The van der Waals surface area contributed by atoms with E-state index >= 15 is 0 Å². The highest BCUT2D eigenvalue weighted by atomic mass is 16.5. The number of esters is 1. The summed E-state index contributed by atoms with van der Waals surface area (Å²) in [7, 11) is 1.40. The molecule has 20 heavy (non-hydrogen) atoms. The van der Waals surface area contributed by atoms with E-state index in [4.69, 9.17) is 4.74 Å². The summed E-state index contributed by atoms with van der Waals surface area (Å²) in [4.78, 5) is 18.4. The van der Waals surface area contributed by atoms with Crippen LogP contribution in [0.3, 0.4) is 0 Å². The zero-order chi connectivity index (χ0) is 14.7. The van der Waals surface area contributed by atoms with Gasteiger partial charge in [-0.2, -0.15) is 5.26 Å². The number of carbonyl (C=O) groups excluding carboxylic acids is 1. The molecule has 0 spiro atoms. The number of methoxy groups -OCH3 is 1. The van der Waals surface area contributed by atoms with E-state index in [0.717, 1.165) is 37.1 Å². The number of rotatable bonds is 2. The summed E-state index contributed by atoms with van der Waals surface area (Å²) in [6.07, 6.45) is 2.72. The molecule has 0 saturated carbocycles. The maximum Gasteiger partial charge on any atom is 0.328 e. The Labute approximate surface area is 119 Å². The highest BCUT2D eigenvalue weighted by Gasteiger charge is 2.32. The molecule has 106 valence electrons. The van der Waals surface area contributed by atoms with Crippen LogP contribution in [0.25, 0.3) is 0 Å². The third-order valence-electron chi connectivity index (χ3n) is 3.69. The summed E-state index contributed by atoms with van der Waals surface area (Å²) in [5, 5.41) is 9.37. The number of hydrogen-bond acceptors (Lipinski definition) is 5. The molecule has 2 heterocycles. The lowest BCUT2D eigenvalue weighted by atomic mass is 10.0. The lowest BCUT2D eigenvalue weighted by molar-refractivity contribution is -0.142. The average molecular weight is 273 g/mol. The van der Waals surface area contributed by atoms with Gasteiger partial charge < -0.3 is 9.64 Å². The molecule has 0 bridgehead atoms. The smallest absolute Gasteiger partial charge is 0.328 e. The van der Waals surface area contributed by atoms with E-state index in [2.05, 4.69) is 11.1 Å². The van der Waals surface area contributed by atoms with Crippen molar-refractivity contribution < 1.29 is 9.53 Å². The van der Waals surface area contributed by atoms with Crippen LogP contribution >= 0.6 is 0 Å². The summed E-state index contributed by atoms with van der Waals surface area (Å²) in [6, 6.07) is 3.76. The number of anilines is 1. The van der Waals surface area contributed by atoms with Crippen LogP contribution in [-0.4, -0.2) is 30.6 Å². The number of aryl methyl sites for hydroxylation is 2. The van der Waals surface area contributed by atoms with Gasteiger partial charge >= 0.3 is 5.97 Å². The number of pyridine rings is 1. The van der Waals surface area contributed by atoms with Gasteiger partial charge in [-0.1, -0.05) is 0 Å². The van der Waals surface area contributed by atoms with Crippen LogP contribution in [0.1, 0.15) is 36.1 Å². The minimum atomic E-state index is -0.338. The summed E-state index contributed by atoms with van der Waals surface area (Å²) < 4.78 is 4.88. The molecule has 1 aliphatic heterocycles. The van der Waals surface area contributed by atoms with Gasteiger partial charge in [0.2, 0.25) is 0 Å². The van der Waals surface area contributed by atoms with Crippen molar-refractivity contribution in [2.75, 3.05) is 18.6 Å². The van der Waals surface area contributed by atoms with Crippen LogP contribution < -0.4 is 4.90 Å². The first kappa shape index (κ1) is 14.3. The summed E-state index contributed by atoms with van der Waals surface area (Å²) >= 11 is 0. The minimum absolute atomic E-state index is 0.255. The van der Waals surface area contributed by atoms with Crippen molar-refractivity contribution in [3.63, 3.8) is 0 Å². The number of ether oxygens (including phenoxy) is 1. The molecule has 5 nitrogen and oxygen atoms in total. The second-order valence-electron chi connectivity index (χ2n) is 5.12. The topological polar surface area (TPSA) is 66.2 Å². The molecule has 1 atom stereocenters. The van der Waals surface area contributed by atoms with Crippen molar-refractivity contribution in [2.24, 2.45) is 0 Å². The standard InChI is InChI=1S/C15H19N3O2/c1-10-8-11(2)17-14(12(10)9-16)18-7-5-4-6-13(18)15(19)20-3/h8,13H,4-7H2,1-3H3. The Bertz CT molecular complexity index is 563. The number of nitriles is 1. The monoisotopic (exact) mass is 273 g/mol. The molecule has 0 N–H and O–H groups in total. The van der Waals surface area contributed by atoms with E-state index in [1.807, 2.05) is 24.8 Å². The maximum absolute atomic E-state index is 11.9. The van der Waals surface area contributed by atoms with Crippen molar-refractivity contribution in [2.45, 2.75) is 39.2 Å². The van der Waals surface area contributed by atoms with Gasteiger partial charge in [0, 0.05) is 12.2 Å². The molecule has 5 heteroatoms. The molecule has 1 fully saturated rings. The van der Waals surface area contributed by atoms with Gasteiger partial charge in [-0.3, -0.25) is 0 Å². The molecule has 0 aliphatic carbocycles. The molecule has 2 rings (SSSR count). The lowest BCUT2D eigenvalue weighted by Crippen LogP contribution is -2.46. The van der Waals surface area contributed by atoms with Gasteiger partial charge in [0.25, 0.3) is 0 Å². The third-order valence-corrected chi connectivity index (χ3v) is 3.69. The number of aromatic nitrogens is 1. The molecule has 0 amide bonds. The molecule has 1 saturated heterocycles. The minimum Gasteiger partial charge on any atom is -0.467 e. The highest BCUT2D eigenvalue weighted by molar-refractivity contribution is 5.80. The Morgan fingerprint density at radius 3 is 2.90 bits per heavy atom. The lowest BCUT2D eigenvalue weighted by Gasteiger charge is -2.35. The van der Waals surface area contributed by atoms with Crippen LogP contribution in [0.15, 0.2) is 6.07 Å². The molecule has 1 aliphatic rings. The number of nitrogens with zero attached hydrogens (tertiary/aromatic N) is 3. The summed E-state index contributed by atoms with van der Waals surface area (Å²) in [5.74, 6) is 0.356. The fourth-order valence-corrected chi connectivity index (χ4v) is 2.73. The average Bonchev–Trinajstić information content (AvgIpc) is 2.45. The number of hydrogen-bond donors (Lipinski definition) is 0. The third kappa shape index (κ3) is 2.60. The van der Waals surface area contributed by atoms with Gasteiger partial charge in [-0.05, 0) is 44.7 Å². The van der Waals surface area contributed by atoms with E-state index in [1.165, 1.54) is 7.11 Å². The van der Waals surface area contributed by atoms with Crippen molar-refractivity contribution in [3.8, 4) is 6.07 Å². The van der Waals surface area contributed by atoms with E-state index in [1.54, 1.807) is 0 Å². The number of carbonyl (C=O) groups is 1. The Hall–Kier alpha value is -2.09. The largest absolute Gasteiger partial charge is 0.467 e. The van der Waals surface area contributed by atoms with Crippen LogP contribution in [0, 0.1) is 25.2 Å². The first-order valence-corrected chi connectivity index (χ1v) is 6.81. The van der Waals surface area contributed by atoms with Gasteiger partial charge in [0.05, 0.1) is 12.7 Å². The zero-order valence-electron chi connectivity index (χ0n) is 12.1. The highest BCUT2D eigenvalue weighted by Crippen LogP contribution is 2.28. The Kier molecular flexibility index (Phi) is 4.23. The first-order valence-electron chi connectivity index (χ1n) is 6.81. The molecule has 1 aromatic heterocycles. The quantitative estimate of drug-likeness (QED) is 0.772. The second-order valence-corrected chi connectivity index (χ2v) is 5.12. The predicted molar refractivity (Wildman–Crippen MR) is 75.4 cm³/mol. The number of piperidine rings is 1. The Morgan fingerprint density at radius 2 is 2.25 bits per heavy atom. The molecular formula is C15H19N3O2. The molecular weight excluding hydrogens is 254 g/mol. The van der Waals surface area contributed by atoms with Crippen LogP contribution in [0.5, 0.6) is 0 Å². The fourth-order valence-electron chi connectivity index (χ4n) is 2.73. The van der Waals surface area contributed by atoms with Crippen LogP contribution in [0.4, 0.5) is 5.82 Å². The van der Waals surface area contributed by atoms with Crippen molar-refractivity contribution in [1.29, 1.82) is 5.26 Å². The zero-order valence-corrected chi connectivity index (χ0v) is 12.1. The Morgan fingerprint density at radius 1 is 1.50 bits per heavy atom. The van der Waals surface area contributed by atoms with Crippen molar-refractivity contribution in [3.05, 3.63) is 22.9 Å². The maximum atomic E-state index is 11.9. The fraction of sp³-hybridized carbons (Fsp3) is 0.533. The van der Waals surface area contributed by atoms with Gasteiger partial charge in [-0.25, -0.2) is 9.78 Å². The van der Waals surface area contributed by atoms with Crippen molar-refractivity contribution in [1.82, 2.24) is 4.98 Å². The van der Waals surface area contributed by atoms with Gasteiger partial charge in [0.15, 0.2) is 0 Å². The van der Waals surface area contributed by atoms with E-state index < -0.39 is 0 Å². The van der Waals surface area contributed by atoms with E-state index in [0.29, 0.717) is 11.4 Å². The molecule has 1 unspecified atom stereocenters. The molecule has 0 aromatic carbocycles. The van der Waals surface area contributed by atoms with E-state index in [-0.39, 0.29) is 12.0 Å². The van der Waals surface area contributed by atoms with Crippen molar-refractivity contribution >= 4 is 11.8 Å². The normalized spacial score (nSPS) is 18.5. The van der Waals surface area contributed by atoms with Gasteiger partial charge in [-0.15, -0.1) is 0 Å². The first-order chi connectivity index (χ1) is 9.58. The summed E-state index contributed by atoms with van der Waals surface area (Å²) in [6.45, 7) is 4.52. The Balaban J connectivity index is 2.47. The van der Waals surface area contributed by atoms with E-state index in [9.17, 15) is 10.1 Å². The van der Waals surface area contributed by atoms with Crippen LogP contribution in [-0.2, 0) is 9.53 Å². The van der Waals surface area contributed by atoms with Gasteiger partial charge in [0.1, 0.15) is 17.9 Å². The SMILES string of the molecule is COC(=O)C1CCCCN1c1nc(C)cc(C)c1C#N. The molecule has 0 radical (unpaired) electrons. The van der Waals surface area contributed by atoms with Crippen LogP contribution in [0.2, 0.25) is 0 Å². The predicted octanol–water partition coefficient (Wildman–Crippen LogP) is 2.10. The molecule has 1 aromatic rings.